The van der Waals surface area contributed by atoms with Crippen LogP contribution in [-0.4, -0.2) is 18.0 Å². The van der Waals surface area contributed by atoms with Gasteiger partial charge in [-0.2, -0.15) is 0 Å². The number of hydrogen-bond acceptors (Lipinski definition) is 2. The van der Waals surface area contributed by atoms with Gasteiger partial charge in [0.15, 0.2) is 0 Å². The first-order valence-corrected chi connectivity index (χ1v) is 4.41. The van der Waals surface area contributed by atoms with Crippen LogP contribution in [0.15, 0.2) is 0 Å². The molecule has 0 aromatic heterocycles. The fraction of sp³-hybridized carbons (Fsp3) is 0.889. The summed E-state index contributed by atoms with van der Waals surface area (Å²) in [4.78, 5) is 10.4. The highest BCUT2D eigenvalue weighted by Gasteiger charge is 2.04. The minimum atomic E-state index is 0.182. The summed E-state index contributed by atoms with van der Waals surface area (Å²) in [5.41, 5.74) is 0. The summed E-state index contributed by atoms with van der Waals surface area (Å²) in [5.74, 6) is 0.182. The van der Waals surface area contributed by atoms with Crippen LogP contribution < -0.4 is 0 Å². The van der Waals surface area contributed by atoms with Gasteiger partial charge >= 0.3 is 0 Å². The Labute approximate surface area is 68.6 Å². The molecular weight excluding hydrogens is 140 g/mol. The highest BCUT2D eigenvalue weighted by molar-refractivity contribution is 5.53. The van der Waals surface area contributed by atoms with Gasteiger partial charge in [0, 0.05) is 12.5 Å². The summed E-state index contributed by atoms with van der Waals surface area (Å²) < 4.78 is 0. The SMILES string of the molecule is CCCCC(C=O)CCCO. The monoisotopic (exact) mass is 158 g/mol. The van der Waals surface area contributed by atoms with Gasteiger partial charge in [-0.1, -0.05) is 19.8 Å². The van der Waals surface area contributed by atoms with Crippen LogP contribution in [0.5, 0.6) is 0 Å². The third-order valence-corrected chi connectivity index (χ3v) is 1.85. The first-order valence-electron chi connectivity index (χ1n) is 4.41. The Morgan fingerprint density at radius 3 is 2.45 bits per heavy atom. The third kappa shape index (κ3) is 6.05. The van der Waals surface area contributed by atoms with Crippen LogP contribution in [0.1, 0.15) is 39.0 Å². The average molecular weight is 158 g/mol. The molecule has 1 N–H and O–H groups in total. The Morgan fingerprint density at radius 1 is 1.36 bits per heavy atom. The lowest BCUT2D eigenvalue weighted by Gasteiger charge is -2.06. The summed E-state index contributed by atoms with van der Waals surface area (Å²) in [5, 5.41) is 8.52. The van der Waals surface area contributed by atoms with E-state index in [2.05, 4.69) is 6.92 Å². The quantitative estimate of drug-likeness (QED) is 0.573. The Bertz CT molecular complexity index is 83.6. The van der Waals surface area contributed by atoms with Crippen LogP contribution in [0.2, 0.25) is 0 Å². The van der Waals surface area contributed by atoms with Gasteiger partial charge < -0.3 is 9.90 Å². The number of unbranched alkanes of at least 4 members (excludes halogenated alkanes) is 1. The van der Waals surface area contributed by atoms with Crippen LogP contribution in [0.4, 0.5) is 0 Å². The van der Waals surface area contributed by atoms with Crippen LogP contribution in [0.3, 0.4) is 0 Å². The standard InChI is InChI=1S/C9H18O2/c1-2-3-5-9(8-11)6-4-7-10/h8-10H,2-7H2,1H3. The predicted molar refractivity (Wildman–Crippen MR) is 45.4 cm³/mol. The molecule has 66 valence electrons. The molecule has 0 rings (SSSR count). The summed E-state index contributed by atoms with van der Waals surface area (Å²) in [6.07, 6.45) is 5.87. The van der Waals surface area contributed by atoms with Crippen molar-refractivity contribution in [2.75, 3.05) is 6.61 Å². The predicted octanol–water partition coefficient (Wildman–Crippen LogP) is 1.76. The van der Waals surface area contributed by atoms with Gasteiger partial charge in [-0.25, -0.2) is 0 Å². The zero-order chi connectivity index (χ0) is 8.53. The molecule has 0 aliphatic rings. The minimum absolute atomic E-state index is 0.182. The number of aldehydes is 1. The van der Waals surface area contributed by atoms with Crippen molar-refractivity contribution >= 4 is 6.29 Å². The molecule has 0 saturated carbocycles. The highest BCUT2D eigenvalue weighted by atomic mass is 16.2. The molecule has 1 atom stereocenters. The second-order valence-electron chi connectivity index (χ2n) is 2.90. The van der Waals surface area contributed by atoms with Crippen molar-refractivity contribution in [2.24, 2.45) is 5.92 Å². The van der Waals surface area contributed by atoms with Crippen molar-refractivity contribution in [3.8, 4) is 0 Å². The molecule has 0 aromatic rings. The van der Waals surface area contributed by atoms with E-state index < -0.39 is 0 Å². The van der Waals surface area contributed by atoms with Gasteiger partial charge in [-0.15, -0.1) is 0 Å². The maximum Gasteiger partial charge on any atom is 0.123 e. The number of aliphatic hydroxyl groups excluding tert-OH is 1. The summed E-state index contributed by atoms with van der Waals surface area (Å²) in [6.45, 7) is 2.32. The minimum Gasteiger partial charge on any atom is -0.396 e. The first-order chi connectivity index (χ1) is 5.35. The molecule has 2 nitrogen and oxygen atoms in total. The van der Waals surface area contributed by atoms with Crippen LogP contribution >= 0.6 is 0 Å². The molecule has 0 bridgehead atoms. The maximum absolute atomic E-state index is 10.4. The van der Waals surface area contributed by atoms with E-state index in [-0.39, 0.29) is 12.5 Å². The molecule has 1 unspecified atom stereocenters. The number of rotatable bonds is 7. The highest BCUT2D eigenvalue weighted by Crippen LogP contribution is 2.11. The smallest absolute Gasteiger partial charge is 0.123 e. The van der Waals surface area contributed by atoms with Crippen molar-refractivity contribution in [1.29, 1.82) is 0 Å². The van der Waals surface area contributed by atoms with Crippen molar-refractivity contribution < 1.29 is 9.90 Å². The molecule has 0 aromatic carbocycles. The molecular formula is C9H18O2. The van der Waals surface area contributed by atoms with Crippen molar-refractivity contribution in [2.45, 2.75) is 39.0 Å². The maximum atomic E-state index is 10.4. The molecule has 0 aliphatic heterocycles. The van der Waals surface area contributed by atoms with Gasteiger partial charge in [0.25, 0.3) is 0 Å². The largest absolute Gasteiger partial charge is 0.396 e. The molecule has 0 spiro atoms. The van der Waals surface area contributed by atoms with E-state index in [1.54, 1.807) is 0 Å². The van der Waals surface area contributed by atoms with Gasteiger partial charge in [0.2, 0.25) is 0 Å². The van der Waals surface area contributed by atoms with Crippen LogP contribution in [0, 0.1) is 5.92 Å². The molecule has 0 fully saturated rings. The third-order valence-electron chi connectivity index (χ3n) is 1.85. The van der Waals surface area contributed by atoms with Gasteiger partial charge in [-0.05, 0) is 19.3 Å². The Morgan fingerprint density at radius 2 is 2.00 bits per heavy atom. The number of hydrogen-bond donors (Lipinski definition) is 1. The number of aliphatic hydroxyl groups is 1. The number of carbonyl (C=O) groups is 1. The van der Waals surface area contributed by atoms with Crippen LogP contribution in [-0.2, 0) is 4.79 Å². The normalized spacial score (nSPS) is 12.9. The first kappa shape index (κ1) is 10.6. The lowest BCUT2D eigenvalue weighted by Crippen LogP contribution is -2.02. The Hall–Kier alpha value is -0.370. The Balaban J connectivity index is 3.33. The van der Waals surface area contributed by atoms with E-state index in [9.17, 15) is 4.79 Å². The molecule has 0 radical (unpaired) electrons. The zero-order valence-corrected chi connectivity index (χ0v) is 7.25. The van der Waals surface area contributed by atoms with E-state index in [0.717, 1.165) is 38.4 Å². The van der Waals surface area contributed by atoms with Gasteiger partial charge in [0.05, 0.1) is 0 Å². The van der Waals surface area contributed by atoms with Gasteiger partial charge in [0.1, 0.15) is 6.29 Å². The molecule has 0 amide bonds. The summed E-state index contributed by atoms with van der Waals surface area (Å²) in [7, 11) is 0. The second-order valence-corrected chi connectivity index (χ2v) is 2.90. The van der Waals surface area contributed by atoms with E-state index in [4.69, 9.17) is 5.11 Å². The van der Waals surface area contributed by atoms with Gasteiger partial charge in [-0.3, -0.25) is 0 Å². The molecule has 2 heteroatoms. The van der Waals surface area contributed by atoms with Crippen molar-refractivity contribution in [3.05, 3.63) is 0 Å². The lowest BCUT2D eigenvalue weighted by atomic mass is 9.99. The van der Waals surface area contributed by atoms with E-state index in [1.165, 1.54) is 0 Å². The summed E-state index contributed by atoms with van der Waals surface area (Å²) >= 11 is 0. The Kier molecular flexibility index (Phi) is 7.47. The van der Waals surface area contributed by atoms with E-state index >= 15 is 0 Å². The van der Waals surface area contributed by atoms with E-state index in [0.29, 0.717) is 0 Å². The molecule has 11 heavy (non-hydrogen) atoms. The fourth-order valence-corrected chi connectivity index (χ4v) is 1.10. The fourth-order valence-electron chi connectivity index (χ4n) is 1.10. The van der Waals surface area contributed by atoms with Crippen LogP contribution in [0.25, 0.3) is 0 Å². The zero-order valence-electron chi connectivity index (χ0n) is 7.25. The topological polar surface area (TPSA) is 37.3 Å². The van der Waals surface area contributed by atoms with E-state index in [1.807, 2.05) is 0 Å². The van der Waals surface area contributed by atoms with Crippen molar-refractivity contribution in [1.82, 2.24) is 0 Å². The lowest BCUT2D eigenvalue weighted by molar-refractivity contribution is -0.111. The van der Waals surface area contributed by atoms with Crippen molar-refractivity contribution in [3.63, 3.8) is 0 Å². The summed E-state index contributed by atoms with van der Waals surface area (Å²) in [6, 6.07) is 0. The molecule has 0 saturated heterocycles. The second kappa shape index (κ2) is 7.73. The average Bonchev–Trinajstić information content (AvgIpc) is 2.05. The molecule has 0 aliphatic carbocycles. The number of carbonyl (C=O) groups excluding carboxylic acids is 1. The molecule has 0 heterocycles.